The van der Waals surface area contributed by atoms with Crippen molar-refractivity contribution in [2.75, 3.05) is 44.5 Å². The molecule has 39 nitrogen and oxygen atoms in total. The molecule has 3 saturated heterocycles. The van der Waals surface area contributed by atoms with E-state index < -0.39 is 225 Å². The number of fused-ring (bicyclic) bond motifs is 2. The first-order chi connectivity index (χ1) is 56.5. The van der Waals surface area contributed by atoms with Crippen molar-refractivity contribution in [3.63, 3.8) is 0 Å². The Balaban J connectivity index is 0.983. The lowest BCUT2D eigenvalue weighted by molar-refractivity contribution is -0.367. The average Bonchev–Trinajstić information content (AvgIpc) is 0.810. The highest BCUT2D eigenvalue weighted by Gasteiger charge is 2.52. The van der Waals surface area contributed by atoms with Crippen molar-refractivity contribution in [1.82, 2.24) is 52.5 Å². The van der Waals surface area contributed by atoms with Gasteiger partial charge in [-0.05, 0) is 78.2 Å². The van der Waals surface area contributed by atoms with Crippen LogP contribution in [0.15, 0.2) is 121 Å². The third-order valence-electron chi connectivity index (χ3n) is 20.1. The number of hydrogen-bond donors (Lipinski definition) is 24. The van der Waals surface area contributed by atoms with E-state index in [4.69, 9.17) is 35.3 Å². The van der Waals surface area contributed by atoms with E-state index in [-0.39, 0.29) is 50.2 Å². The first kappa shape index (κ1) is 92.4. The minimum Gasteiger partial charge on any atom is -0.508 e. The number of aliphatic hydroxyl groups excluding tert-OH is 11. The van der Waals surface area contributed by atoms with Gasteiger partial charge in [0.25, 0.3) is 5.91 Å². The van der Waals surface area contributed by atoms with Gasteiger partial charge in [0.2, 0.25) is 47.3 Å². The van der Waals surface area contributed by atoms with Gasteiger partial charge in [-0.2, -0.15) is 0 Å². The summed E-state index contributed by atoms with van der Waals surface area (Å²) >= 11 is 0. The fourth-order valence-corrected chi connectivity index (χ4v) is 15.8. The molecule has 0 radical (unpaired) electrons. The van der Waals surface area contributed by atoms with E-state index in [2.05, 4.69) is 57.7 Å². The van der Waals surface area contributed by atoms with E-state index >= 15 is 19.2 Å². The van der Waals surface area contributed by atoms with Crippen molar-refractivity contribution in [1.29, 1.82) is 0 Å². The van der Waals surface area contributed by atoms with Gasteiger partial charge in [0.15, 0.2) is 19.2 Å². The molecule has 644 valence electrons. The molecule has 5 heterocycles. The van der Waals surface area contributed by atoms with Crippen LogP contribution < -0.4 is 54.0 Å². The normalized spacial score (nSPS) is 27.0. The smallest absolute Gasteiger partial charge is 0.261 e. The number of benzene rings is 4. The second-order valence-corrected chi connectivity index (χ2v) is 31.6. The predicted molar refractivity (Wildman–Crippen MR) is 424 cm³/mol. The topological polar surface area (TPSA) is 635 Å². The number of carbonyl (C=O) groups is 9. The maximum absolute atomic E-state index is 15.4. The number of carbonyl (C=O) groups excluding carboxylic acids is 9. The van der Waals surface area contributed by atoms with Gasteiger partial charge in [0, 0.05) is 71.4 Å². The third kappa shape index (κ3) is 25.1. The van der Waals surface area contributed by atoms with Crippen LogP contribution in [0, 0.1) is 5.92 Å². The van der Waals surface area contributed by atoms with E-state index in [1.165, 1.54) is 24.3 Å². The standard InChI is InChI=1S/C77H103N13O26S2/c1-37(2)59-75(111)89-53(73(109)85-48(68(79)104)26-40-28-80-45-16-8-6-14-43(40)45)36-118-117-35-52(74(110)86-50(25-39-19-21-42(94)22-20-39)71(107)87-51(27-41-29-81-46-17-9-7-15-44(41)46)72(108)84-47(69(105)90-59)18-10-11-23-78)88-70(106)49(24-38-12-4-3-5-13-38)83-58(97)34-112-82-30-54(95)60(98)66(55(96)31-91)115-77-65(103)63(101)67(57(33-93)114-77)116-76-64(102)62(100)61(99)56(32-92)113-76/h3-9,12-17,19-22,28-30,37,47-57,59-67,76-77,80-81,91-96,98-103H,10-11,18,23-27,31-36,78H2,1-2H3,(H2,79,104)(H,83,97)(H,84,108)(H,85,109)(H,86,110)(H,87,107)(H,88,106)(H,89,111)(H,90,105)/b82-30+/t47-,48-,49+,50-,51?,52?,53?,54-,55+,56+,57+,59?,60+,61+,62-,63+,64+,65+,66+,67+,76+,77+/m0/s1. The molecule has 3 fully saturated rings. The first-order valence-electron chi connectivity index (χ1n) is 38.1. The predicted octanol–water partition coefficient (Wildman–Crippen LogP) is -5.74. The van der Waals surface area contributed by atoms with Crippen LogP contribution in [0.25, 0.3) is 21.8 Å². The number of aliphatic hydroxyl groups is 11. The summed E-state index contributed by atoms with van der Waals surface area (Å²) in [6.07, 6.45) is -24.2. The molecule has 118 heavy (non-hydrogen) atoms. The van der Waals surface area contributed by atoms with Gasteiger partial charge < -0.3 is 149 Å². The van der Waals surface area contributed by atoms with Crippen LogP contribution in [0.5, 0.6) is 5.75 Å². The zero-order chi connectivity index (χ0) is 85.4. The number of oxime groups is 1. The Morgan fingerprint density at radius 1 is 0.627 bits per heavy atom. The fraction of sp³-hybridized carbons (Fsp3) is 0.506. The average molecular weight is 1690 g/mol. The number of amides is 9. The zero-order valence-corrected chi connectivity index (χ0v) is 65.9. The van der Waals surface area contributed by atoms with Crippen molar-refractivity contribution >= 4 is 103 Å². The minimum absolute atomic E-state index is 0.0136. The maximum atomic E-state index is 15.4. The molecule has 0 bridgehead atoms. The molecule has 26 N–H and O–H groups in total. The number of ether oxygens (including phenoxy) is 4. The van der Waals surface area contributed by atoms with Crippen LogP contribution in [-0.4, -0.2) is 309 Å². The summed E-state index contributed by atoms with van der Waals surface area (Å²) in [6.45, 7) is -0.621. The van der Waals surface area contributed by atoms with Crippen molar-refractivity contribution in [3.8, 4) is 5.75 Å². The van der Waals surface area contributed by atoms with Crippen molar-refractivity contribution in [2.45, 2.75) is 193 Å². The third-order valence-corrected chi connectivity index (χ3v) is 22.5. The molecule has 4 unspecified atom stereocenters. The largest absolute Gasteiger partial charge is 0.508 e. The number of nitrogens with zero attached hydrogens (tertiary/aromatic N) is 1. The minimum atomic E-state index is -2.33. The number of nitrogens with one attached hydrogen (secondary N) is 10. The molecular weight excluding hydrogens is 1590 g/mol. The highest BCUT2D eigenvalue weighted by molar-refractivity contribution is 8.76. The number of para-hydroxylation sites is 2. The van der Waals surface area contributed by atoms with E-state index in [9.17, 15) is 85.3 Å². The molecule has 3 aliphatic heterocycles. The lowest BCUT2D eigenvalue weighted by Crippen LogP contribution is -2.65. The molecule has 2 aromatic heterocycles. The Kier molecular flexibility index (Phi) is 34.9. The fourth-order valence-electron chi connectivity index (χ4n) is 13.4. The molecule has 0 saturated carbocycles. The van der Waals surface area contributed by atoms with Gasteiger partial charge in [-0.3, -0.25) is 43.2 Å². The number of phenolic OH excluding ortho intramolecular Hbond substituents is 1. The second kappa shape index (κ2) is 44.5. The van der Waals surface area contributed by atoms with E-state index in [0.717, 1.165) is 32.5 Å². The number of nitrogens with two attached hydrogens (primary N) is 2. The molecule has 0 spiro atoms. The molecule has 41 heteroatoms. The van der Waals surface area contributed by atoms with Gasteiger partial charge in [-0.1, -0.05) is 119 Å². The maximum Gasteiger partial charge on any atom is 0.261 e. The van der Waals surface area contributed by atoms with Gasteiger partial charge in [0.05, 0.1) is 26.0 Å². The second-order valence-electron chi connectivity index (χ2n) is 29.0. The molecule has 0 aliphatic carbocycles. The number of phenols is 1. The molecule has 6 aromatic rings. The molecule has 9 amide bonds. The quantitative estimate of drug-likeness (QED) is 0.00790. The highest BCUT2D eigenvalue weighted by atomic mass is 33.1. The molecule has 9 rings (SSSR count). The van der Waals surface area contributed by atoms with Gasteiger partial charge in [-0.25, -0.2) is 0 Å². The van der Waals surface area contributed by atoms with E-state index in [1.54, 1.807) is 99.0 Å². The number of rotatable bonds is 33. The molecule has 3 aliphatic rings. The highest BCUT2D eigenvalue weighted by Crippen LogP contribution is 2.32. The van der Waals surface area contributed by atoms with Crippen LogP contribution in [0.1, 0.15) is 55.4 Å². The van der Waals surface area contributed by atoms with Gasteiger partial charge in [-0.15, -0.1) is 0 Å². The van der Waals surface area contributed by atoms with Crippen LogP contribution in [0.2, 0.25) is 0 Å². The van der Waals surface area contributed by atoms with E-state index in [1.807, 2.05) is 6.07 Å². The number of aromatic hydroxyl groups is 1. The zero-order valence-electron chi connectivity index (χ0n) is 64.2. The Bertz CT molecular complexity index is 4340. The Hall–Kier alpha value is -9.48. The summed E-state index contributed by atoms with van der Waals surface area (Å²) in [7, 11) is 1.80. The van der Waals surface area contributed by atoms with Crippen LogP contribution in [0.3, 0.4) is 0 Å². The van der Waals surface area contributed by atoms with Crippen LogP contribution >= 0.6 is 21.6 Å². The number of aromatic nitrogens is 2. The number of aromatic amines is 2. The number of hydrogen-bond acceptors (Lipinski definition) is 30. The lowest BCUT2D eigenvalue weighted by Gasteiger charge is -2.46. The summed E-state index contributed by atoms with van der Waals surface area (Å²) in [4.78, 5) is 144. The summed E-state index contributed by atoms with van der Waals surface area (Å²) in [5.41, 5.74) is 15.3. The lowest BCUT2D eigenvalue weighted by atomic mass is 9.96. The van der Waals surface area contributed by atoms with Gasteiger partial charge >= 0.3 is 0 Å². The van der Waals surface area contributed by atoms with Gasteiger partial charge in [0.1, 0.15) is 127 Å². The molecular formula is C77H103N13O26S2. The van der Waals surface area contributed by atoms with Crippen LogP contribution in [0.4, 0.5) is 0 Å². The Morgan fingerprint density at radius 3 is 1.86 bits per heavy atom. The van der Waals surface area contributed by atoms with Crippen LogP contribution in [-0.2, 0) is 92.6 Å². The van der Waals surface area contributed by atoms with Crippen molar-refractivity contribution < 1.29 is 128 Å². The van der Waals surface area contributed by atoms with E-state index in [0.29, 0.717) is 52.2 Å². The Labute approximate surface area is 683 Å². The summed E-state index contributed by atoms with van der Waals surface area (Å²) in [6, 6.07) is 16.0. The number of H-pyrrole nitrogens is 2. The SMILES string of the molecule is CC(C)C1NC(=O)[C@H](CCCCN)NC(=O)C(Cc2c[nH]c3ccccc23)NC(=O)[C@H](Cc2ccc(O)cc2)NC(=O)C(NC(=O)[C@@H](Cc2ccccc2)NC(=O)CO/N=C/[C@H](O)[C@@H](O)[C@H](O[C@H]2O[C@H](CO)[C@@H](O[C@H]3O[C@H](CO)[C@@H](O)[C@H](O)[C@H]3O)[C@H](O)[C@H]2O)[C@H](O)CO)CSSCC(C(=O)N[C@@H](Cc2c[nH]c3ccccc23)C(N)=O)NC1=O. The molecule has 4 aromatic carbocycles. The Morgan fingerprint density at radius 2 is 1.22 bits per heavy atom. The summed E-state index contributed by atoms with van der Waals surface area (Å²) in [5, 5.41) is 154. The summed E-state index contributed by atoms with van der Waals surface area (Å²) in [5.74, 6) is -10.1. The van der Waals surface area contributed by atoms with Crippen molar-refractivity contribution in [3.05, 3.63) is 138 Å². The van der Waals surface area contributed by atoms with Crippen molar-refractivity contribution in [2.24, 2.45) is 22.5 Å². The summed E-state index contributed by atoms with van der Waals surface area (Å²) < 4.78 is 22.0. The number of unbranched alkanes of at least 4 members (excludes halogenated alkanes) is 1. The molecule has 22 atom stereocenters. The monoisotopic (exact) mass is 1690 g/mol. The number of primary amides is 1. The first-order valence-corrected chi connectivity index (χ1v) is 40.6.